The predicted molar refractivity (Wildman–Crippen MR) is 65.3 cm³/mol. The molecule has 6 heteroatoms. The van der Waals surface area contributed by atoms with E-state index in [9.17, 15) is 4.79 Å². The van der Waals surface area contributed by atoms with Gasteiger partial charge in [-0.2, -0.15) is 0 Å². The summed E-state index contributed by atoms with van der Waals surface area (Å²) < 4.78 is 0.707. The van der Waals surface area contributed by atoms with Gasteiger partial charge in [-0.05, 0) is 11.4 Å². The van der Waals surface area contributed by atoms with Crippen molar-refractivity contribution >= 4 is 27.5 Å². The van der Waals surface area contributed by atoms with E-state index < -0.39 is 0 Å². The molecule has 1 aliphatic heterocycles. The highest BCUT2D eigenvalue weighted by molar-refractivity contribution is 7.17. The molecule has 0 bridgehead atoms. The summed E-state index contributed by atoms with van der Waals surface area (Å²) >= 11 is 1.43. The van der Waals surface area contributed by atoms with Crippen LogP contribution in [0, 0.1) is 0 Å². The minimum Gasteiger partial charge on any atom is -0.340 e. The van der Waals surface area contributed by atoms with Crippen molar-refractivity contribution in [3.05, 3.63) is 21.8 Å². The van der Waals surface area contributed by atoms with E-state index in [4.69, 9.17) is 0 Å². The van der Waals surface area contributed by atoms with Gasteiger partial charge in [-0.1, -0.05) is 0 Å². The van der Waals surface area contributed by atoms with E-state index >= 15 is 0 Å². The van der Waals surface area contributed by atoms with Crippen LogP contribution in [0.1, 0.15) is 0 Å². The number of anilines is 1. The fourth-order valence-electron chi connectivity index (χ4n) is 1.89. The molecular weight excluding hydrogens is 224 g/mol. The van der Waals surface area contributed by atoms with Crippen LogP contribution in [-0.4, -0.2) is 36.1 Å². The van der Waals surface area contributed by atoms with Gasteiger partial charge in [0, 0.05) is 26.2 Å². The van der Waals surface area contributed by atoms with E-state index in [0.29, 0.717) is 10.6 Å². The topological polar surface area (TPSA) is 61.0 Å². The second-order valence-corrected chi connectivity index (χ2v) is 4.68. The average molecular weight is 236 g/mol. The molecule has 0 atom stereocenters. The quantitative estimate of drug-likeness (QED) is 0.752. The Balaban J connectivity index is 2.06. The maximum absolute atomic E-state index is 11.8. The minimum absolute atomic E-state index is 0.0338. The zero-order chi connectivity index (χ0) is 11.0. The number of piperazine rings is 1. The van der Waals surface area contributed by atoms with Gasteiger partial charge >= 0.3 is 0 Å². The molecule has 2 aromatic heterocycles. The van der Waals surface area contributed by atoms with Crippen LogP contribution in [0.4, 0.5) is 5.95 Å². The van der Waals surface area contributed by atoms with Crippen molar-refractivity contribution < 1.29 is 0 Å². The first-order valence-corrected chi connectivity index (χ1v) is 6.16. The van der Waals surface area contributed by atoms with Crippen LogP contribution in [-0.2, 0) is 0 Å². The third kappa shape index (κ3) is 1.60. The maximum atomic E-state index is 11.8. The monoisotopic (exact) mass is 236 g/mol. The van der Waals surface area contributed by atoms with Gasteiger partial charge in [-0.15, -0.1) is 11.3 Å². The molecule has 5 nitrogen and oxygen atoms in total. The van der Waals surface area contributed by atoms with Gasteiger partial charge in [0.1, 0.15) is 4.70 Å². The summed E-state index contributed by atoms with van der Waals surface area (Å²) in [5.74, 6) is 0.692. The smallest absolute Gasteiger partial charge is 0.270 e. The second-order valence-electron chi connectivity index (χ2n) is 3.76. The van der Waals surface area contributed by atoms with Crippen molar-refractivity contribution in [3.8, 4) is 0 Å². The fraction of sp³-hybridized carbons (Fsp3) is 0.400. The Labute approximate surface area is 96.1 Å². The van der Waals surface area contributed by atoms with E-state index in [-0.39, 0.29) is 5.56 Å². The molecular formula is C10H12N4OS. The number of hydrogen-bond donors (Lipinski definition) is 2. The zero-order valence-corrected chi connectivity index (χ0v) is 9.51. The number of rotatable bonds is 1. The van der Waals surface area contributed by atoms with E-state index in [1.54, 1.807) is 0 Å². The highest BCUT2D eigenvalue weighted by Crippen LogP contribution is 2.16. The minimum atomic E-state index is -0.0338. The summed E-state index contributed by atoms with van der Waals surface area (Å²) in [6, 6.07) is 1.89. The molecule has 2 N–H and O–H groups in total. The number of fused-ring (bicyclic) bond motifs is 1. The molecule has 3 heterocycles. The second kappa shape index (κ2) is 3.88. The Hall–Kier alpha value is -1.40. The zero-order valence-electron chi connectivity index (χ0n) is 8.69. The van der Waals surface area contributed by atoms with Crippen LogP contribution in [0.25, 0.3) is 10.2 Å². The Kier molecular flexibility index (Phi) is 2.37. The highest BCUT2D eigenvalue weighted by atomic mass is 32.1. The van der Waals surface area contributed by atoms with Gasteiger partial charge in [0.2, 0.25) is 5.95 Å². The standard InChI is InChI=1S/C10H12N4OS/c15-9-8-7(1-6-16-8)12-10(13-9)14-4-2-11-3-5-14/h1,6,11H,2-5H2,(H,12,13,15). The molecule has 84 valence electrons. The Morgan fingerprint density at radius 1 is 1.38 bits per heavy atom. The number of nitrogens with one attached hydrogen (secondary N) is 2. The van der Waals surface area contributed by atoms with Crippen molar-refractivity contribution in [2.75, 3.05) is 31.1 Å². The summed E-state index contributed by atoms with van der Waals surface area (Å²) in [5, 5.41) is 5.17. The van der Waals surface area contributed by atoms with E-state index in [2.05, 4.69) is 20.2 Å². The largest absolute Gasteiger partial charge is 0.340 e. The van der Waals surface area contributed by atoms with Gasteiger partial charge in [-0.3, -0.25) is 9.78 Å². The number of aromatic nitrogens is 2. The number of aromatic amines is 1. The molecule has 16 heavy (non-hydrogen) atoms. The van der Waals surface area contributed by atoms with Crippen molar-refractivity contribution in [2.24, 2.45) is 0 Å². The molecule has 0 spiro atoms. The van der Waals surface area contributed by atoms with Crippen LogP contribution >= 0.6 is 11.3 Å². The van der Waals surface area contributed by atoms with Gasteiger partial charge in [0.15, 0.2) is 0 Å². The van der Waals surface area contributed by atoms with Gasteiger partial charge in [0.05, 0.1) is 5.52 Å². The van der Waals surface area contributed by atoms with Crippen LogP contribution < -0.4 is 15.8 Å². The van der Waals surface area contributed by atoms with Crippen LogP contribution in [0.2, 0.25) is 0 Å². The Bertz CT molecular complexity index is 555. The molecule has 3 rings (SSSR count). The lowest BCUT2D eigenvalue weighted by Crippen LogP contribution is -2.44. The van der Waals surface area contributed by atoms with Crippen molar-refractivity contribution in [2.45, 2.75) is 0 Å². The normalized spacial score (nSPS) is 16.9. The first-order valence-electron chi connectivity index (χ1n) is 5.28. The lowest BCUT2D eigenvalue weighted by atomic mass is 10.4. The number of nitrogens with zero attached hydrogens (tertiary/aromatic N) is 2. The summed E-state index contributed by atoms with van der Waals surface area (Å²) in [6.45, 7) is 3.65. The summed E-state index contributed by atoms with van der Waals surface area (Å²) in [7, 11) is 0. The molecule has 2 aromatic rings. The number of thiophene rings is 1. The van der Waals surface area contributed by atoms with Gasteiger partial charge in [0.25, 0.3) is 5.56 Å². The number of hydrogen-bond acceptors (Lipinski definition) is 5. The third-order valence-electron chi connectivity index (χ3n) is 2.72. The molecule has 0 amide bonds. The average Bonchev–Trinajstić information content (AvgIpc) is 2.79. The van der Waals surface area contributed by atoms with Crippen molar-refractivity contribution in [1.82, 2.24) is 15.3 Å². The Morgan fingerprint density at radius 3 is 3.00 bits per heavy atom. The van der Waals surface area contributed by atoms with E-state index in [1.807, 2.05) is 11.4 Å². The first kappa shape index (κ1) is 9.80. The highest BCUT2D eigenvalue weighted by Gasteiger charge is 2.14. The fourth-order valence-corrected chi connectivity index (χ4v) is 2.61. The van der Waals surface area contributed by atoms with Gasteiger partial charge in [-0.25, -0.2) is 4.98 Å². The Morgan fingerprint density at radius 2 is 2.19 bits per heavy atom. The molecule has 1 fully saturated rings. The lowest BCUT2D eigenvalue weighted by molar-refractivity contribution is 0.580. The first-order chi connectivity index (χ1) is 7.84. The van der Waals surface area contributed by atoms with Crippen LogP contribution in [0.15, 0.2) is 16.2 Å². The van der Waals surface area contributed by atoms with Crippen molar-refractivity contribution in [1.29, 1.82) is 0 Å². The summed E-state index contributed by atoms with van der Waals surface area (Å²) in [6.07, 6.45) is 0. The van der Waals surface area contributed by atoms with Crippen LogP contribution in [0.5, 0.6) is 0 Å². The number of H-pyrrole nitrogens is 1. The molecule has 0 radical (unpaired) electrons. The van der Waals surface area contributed by atoms with Gasteiger partial charge < -0.3 is 10.2 Å². The van der Waals surface area contributed by atoms with E-state index in [0.717, 1.165) is 31.7 Å². The molecule has 0 saturated carbocycles. The third-order valence-corrected chi connectivity index (χ3v) is 3.62. The summed E-state index contributed by atoms with van der Waals surface area (Å²) in [5.41, 5.74) is 0.760. The van der Waals surface area contributed by atoms with E-state index in [1.165, 1.54) is 11.3 Å². The summed E-state index contributed by atoms with van der Waals surface area (Å²) in [4.78, 5) is 21.2. The predicted octanol–water partition coefficient (Wildman–Crippen LogP) is 0.394. The van der Waals surface area contributed by atoms with Crippen molar-refractivity contribution in [3.63, 3.8) is 0 Å². The molecule has 1 aliphatic rings. The molecule has 0 aromatic carbocycles. The SMILES string of the molecule is O=c1[nH]c(N2CCNCC2)nc2ccsc12. The molecule has 1 saturated heterocycles. The molecule has 0 aliphatic carbocycles. The molecule has 0 unspecified atom stereocenters. The lowest BCUT2D eigenvalue weighted by Gasteiger charge is -2.27. The maximum Gasteiger partial charge on any atom is 0.270 e. The van der Waals surface area contributed by atoms with Crippen LogP contribution in [0.3, 0.4) is 0 Å².